The van der Waals surface area contributed by atoms with Gasteiger partial charge in [-0.25, -0.2) is 4.39 Å². The van der Waals surface area contributed by atoms with Crippen LogP contribution in [0, 0.1) is 15.3 Å². The van der Waals surface area contributed by atoms with Crippen molar-refractivity contribution in [3.05, 3.63) is 33.1 Å². The lowest BCUT2D eigenvalue weighted by Crippen LogP contribution is -2.20. The van der Waals surface area contributed by atoms with Gasteiger partial charge in [0.15, 0.2) is 0 Å². The summed E-state index contributed by atoms with van der Waals surface area (Å²) in [6, 6.07) is 5.05. The number of nitrogens with two attached hydrogens (primary N) is 1. The molecule has 0 aromatic heterocycles. The van der Waals surface area contributed by atoms with E-state index in [0.29, 0.717) is 11.5 Å². The molecule has 0 bridgehead atoms. The highest BCUT2D eigenvalue weighted by molar-refractivity contribution is 14.1. The summed E-state index contributed by atoms with van der Waals surface area (Å²) < 4.78 is 14.6. The van der Waals surface area contributed by atoms with Gasteiger partial charge in [-0.1, -0.05) is 12.8 Å². The first-order chi connectivity index (χ1) is 7.18. The number of hydrogen-bond donors (Lipinski definition) is 1. The molecule has 1 aromatic rings. The third-order valence-corrected chi connectivity index (χ3v) is 3.90. The van der Waals surface area contributed by atoms with Crippen LogP contribution < -0.4 is 5.73 Å². The van der Waals surface area contributed by atoms with E-state index in [1.807, 2.05) is 6.07 Å². The Bertz CT molecular complexity index is 347. The van der Waals surface area contributed by atoms with Crippen LogP contribution in [0.2, 0.25) is 0 Å². The van der Waals surface area contributed by atoms with E-state index in [4.69, 9.17) is 5.73 Å². The number of benzene rings is 1. The molecule has 1 nitrogen and oxygen atoms in total. The molecule has 0 heterocycles. The summed E-state index contributed by atoms with van der Waals surface area (Å²) >= 11 is 2.20. The first kappa shape index (κ1) is 11.3. The summed E-state index contributed by atoms with van der Waals surface area (Å²) in [5.74, 6) is 0.313. The molecule has 3 heteroatoms. The van der Waals surface area contributed by atoms with Crippen LogP contribution in [0.4, 0.5) is 4.39 Å². The summed E-state index contributed by atoms with van der Waals surface area (Å²) in [6.45, 7) is 0. The highest BCUT2D eigenvalue weighted by Crippen LogP contribution is 2.35. The van der Waals surface area contributed by atoms with Crippen LogP contribution in [0.3, 0.4) is 0 Å². The Morgan fingerprint density at radius 3 is 2.67 bits per heavy atom. The van der Waals surface area contributed by atoms with Gasteiger partial charge in [-0.05, 0) is 59.5 Å². The molecule has 0 saturated heterocycles. The van der Waals surface area contributed by atoms with Gasteiger partial charge in [-0.3, -0.25) is 0 Å². The Hall–Kier alpha value is -0.160. The average Bonchev–Trinajstić information content (AvgIpc) is 2.74. The Kier molecular flexibility index (Phi) is 3.61. The zero-order valence-corrected chi connectivity index (χ0v) is 10.7. The minimum absolute atomic E-state index is 0.123. The molecule has 1 aliphatic carbocycles. The molecule has 2 rings (SSSR count). The van der Waals surface area contributed by atoms with Gasteiger partial charge in [-0.15, -0.1) is 0 Å². The van der Waals surface area contributed by atoms with Crippen LogP contribution in [-0.2, 0) is 0 Å². The lowest BCUT2D eigenvalue weighted by atomic mass is 9.92. The van der Waals surface area contributed by atoms with Crippen molar-refractivity contribution in [3.8, 4) is 0 Å². The first-order valence-electron chi connectivity index (χ1n) is 5.39. The van der Waals surface area contributed by atoms with Crippen LogP contribution in [0.25, 0.3) is 0 Å². The van der Waals surface area contributed by atoms with E-state index in [1.54, 1.807) is 6.07 Å². The maximum Gasteiger partial charge on any atom is 0.128 e. The van der Waals surface area contributed by atoms with Crippen LogP contribution in [0.5, 0.6) is 0 Å². The van der Waals surface area contributed by atoms with Crippen molar-refractivity contribution in [2.24, 2.45) is 11.7 Å². The second-order valence-electron chi connectivity index (χ2n) is 4.24. The van der Waals surface area contributed by atoms with Crippen molar-refractivity contribution in [2.45, 2.75) is 31.7 Å². The zero-order valence-electron chi connectivity index (χ0n) is 8.55. The van der Waals surface area contributed by atoms with E-state index in [1.165, 1.54) is 18.9 Å². The molecule has 1 aromatic carbocycles. The Morgan fingerprint density at radius 2 is 2.00 bits per heavy atom. The van der Waals surface area contributed by atoms with Crippen molar-refractivity contribution >= 4 is 22.6 Å². The van der Waals surface area contributed by atoms with Crippen LogP contribution in [0.15, 0.2) is 18.2 Å². The van der Waals surface area contributed by atoms with Gasteiger partial charge in [0.25, 0.3) is 0 Å². The quantitative estimate of drug-likeness (QED) is 0.828. The summed E-state index contributed by atoms with van der Waals surface area (Å²) in [6.07, 6.45) is 4.77. The smallest absolute Gasteiger partial charge is 0.128 e. The second kappa shape index (κ2) is 4.78. The summed E-state index contributed by atoms with van der Waals surface area (Å²) in [4.78, 5) is 0. The van der Waals surface area contributed by atoms with Gasteiger partial charge in [0.05, 0.1) is 0 Å². The molecule has 0 radical (unpaired) electrons. The minimum atomic E-state index is -0.158. The third kappa shape index (κ3) is 2.50. The fraction of sp³-hybridized carbons (Fsp3) is 0.500. The number of hydrogen-bond acceptors (Lipinski definition) is 1. The largest absolute Gasteiger partial charge is 0.324 e. The van der Waals surface area contributed by atoms with Crippen LogP contribution in [-0.4, -0.2) is 0 Å². The van der Waals surface area contributed by atoms with Crippen molar-refractivity contribution in [1.82, 2.24) is 0 Å². The minimum Gasteiger partial charge on any atom is -0.324 e. The molecule has 2 N–H and O–H groups in total. The normalized spacial score (nSPS) is 19.4. The predicted molar refractivity (Wildman–Crippen MR) is 68.0 cm³/mol. The molecule has 0 amide bonds. The van der Waals surface area contributed by atoms with Gasteiger partial charge in [0.2, 0.25) is 0 Å². The lowest BCUT2D eigenvalue weighted by Gasteiger charge is -2.19. The van der Waals surface area contributed by atoms with Crippen LogP contribution in [0.1, 0.15) is 37.3 Å². The van der Waals surface area contributed by atoms with E-state index in [-0.39, 0.29) is 11.9 Å². The fourth-order valence-corrected chi connectivity index (χ4v) is 2.86. The van der Waals surface area contributed by atoms with Crippen molar-refractivity contribution in [1.29, 1.82) is 0 Å². The molecule has 0 unspecified atom stereocenters. The van der Waals surface area contributed by atoms with E-state index in [9.17, 15) is 4.39 Å². The van der Waals surface area contributed by atoms with Gasteiger partial charge < -0.3 is 5.73 Å². The van der Waals surface area contributed by atoms with Gasteiger partial charge >= 0.3 is 0 Å². The molecular formula is C12H15FIN. The zero-order chi connectivity index (χ0) is 10.8. The fourth-order valence-electron chi connectivity index (χ4n) is 2.34. The maximum atomic E-state index is 13.6. The van der Waals surface area contributed by atoms with Crippen molar-refractivity contribution in [3.63, 3.8) is 0 Å². The molecule has 1 fully saturated rings. The lowest BCUT2D eigenvalue weighted by molar-refractivity contribution is 0.428. The summed E-state index contributed by atoms with van der Waals surface area (Å²) in [5, 5.41) is 0. The Balaban J connectivity index is 2.23. The standard InChI is InChI=1S/C12H15FIN/c13-11-6-5-9(14)7-10(11)12(15)8-3-1-2-4-8/h5-8,12H,1-4,15H2/t12-/m1/s1. The molecular weight excluding hydrogens is 304 g/mol. The molecule has 0 spiro atoms. The van der Waals surface area contributed by atoms with Gasteiger partial charge in [0.1, 0.15) is 5.82 Å². The van der Waals surface area contributed by atoms with E-state index in [0.717, 1.165) is 16.4 Å². The van der Waals surface area contributed by atoms with Gasteiger partial charge in [-0.2, -0.15) is 0 Å². The monoisotopic (exact) mass is 319 g/mol. The SMILES string of the molecule is N[C@@H](c1cc(I)ccc1F)C1CCCC1. The highest BCUT2D eigenvalue weighted by atomic mass is 127. The van der Waals surface area contributed by atoms with Crippen molar-refractivity contribution < 1.29 is 4.39 Å². The highest BCUT2D eigenvalue weighted by Gasteiger charge is 2.25. The third-order valence-electron chi connectivity index (χ3n) is 3.22. The summed E-state index contributed by atoms with van der Waals surface area (Å²) in [5.41, 5.74) is 6.82. The second-order valence-corrected chi connectivity index (χ2v) is 5.48. The number of rotatable bonds is 2. The van der Waals surface area contributed by atoms with Crippen molar-refractivity contribution in [2.75, 3.05) is 0 Å². The maximum absolute atomic E-state index is 13.6. The first-order valence-corrected chi connectivity index (χ1v) is 6.47. The molecule has 82 valence electrons. The van der Waals surface area contributed by atoms with E-state index < -0.39 is 0 Å². The van der Waals surface area contributed by atoms with E-state index in [2.05, 4.69) is 22.6 Å². The number of halogens is 2. The van der Waals surface area contributed by atoms with Crippen LogP contribution >= 0.6 is 22.6 Å². The average molecular weight is 319 g/mol. The summed E-state index contributed by atoms with van der Waals surface area (Å²) in [7, 11) is 0. The van der Waals surface area contributed by atoms with E-state index >= 15 is 0 Å². The molecule has 0 aliphatic heterocycles. The predicted octanol–water partition coefficient (Wildman–Crippen LogP) is 3.62. The topological polar surface area (TPSA) is 26.0 Å². The Morgan fingerprint density at radius 1 is 1.33 bits per heavy atom. The molecule has 1 saturated carbocycles. The van der Waals surface area contributed by atoms with Gasteiger partial charge in [0, 0.05) is 15.2 Å². The molecule has 15 heavy (non-hydrogen) atoms. The molecule has 1 atom stereocenters. The Labute approximate surface area is 103 Å². The molecule has 1 aliphatic rings.